The number of furan rings is 1. The lowest BCUT2D eigenvalue weighted by Gasteiger charge is -2.25. The highest BCUT2D eigenvalue weighted by atomic mass is 16.3. The summed E-state index contributed by atoms with van der Waals surface area (Å²) in [5.74, 6) is 0. The molecule has 0 spiro atoms. The first-order valence-electron chi connectivity index (χ1n) is 17.7. The minimum atomic E-state index is 0.898. The van der Waals surface area contributed by atoms with Crippen LogP contribution in [0.2, 0.25) is 0 Å². The van der Waals surface area contributed by atoms with Crippen LogP contribution in [0.5, 0.6) is 0 Å². The molecule has 0 N–H and O–H groups in total. The Morgan fingerprint density at radius 3 is 1.56 bits per heavy atom. The van der Waals surface area contributed by atoms with Crippen molar-refractivity contribution in [3.05, 3.63) is 188 Å². The maximum atomic E-state index is 6.22. The number of benzene rings is 8. The summed E-state index contributed by atoms with van der Waals surface area (Å²) in [6.07, 6.45) is 0. The van der Waals surface area contributed by atoms with Gasteiger partial charge in [0.1, 0.15) is 11.2 Å². The van der Waals surface area contributed by atoms with Crippen molar-refractivity contribution >= 4 is 82.6 Å². The van der Waals surface area contributed by atoms with Crippen LogP contribution in [-0.4, -0.2) is 9.13 Å². The van der Waals surface area contributed by atoms with Gasteiger partial charge in [-0.1, -0.05) is 97.1 Å². The fourth-order valence-electron chi connectivity index (χ4n) is 8.19. The highest BCUT2D eigenvalue weighted by molar-refractivity contribution is 6.19. The van der Waals surface area contributed by atoms with Gasteiger partial charge < -0.3 is 18.5 Å². The lowest BCUT2D eigenvalue weighted by atomic mass is 10.1. The molecule has 0 aliphatic rings. The third kappa shape index (κ3) is 4.28. The Morgan fingerprint density at radius 1 is 0.308 bits per heavy atom. The van der Waals surface area contributed by atoms with Crippen LogP contribution in [-0.2, 0) is 0 Å². The molecule has 0 saturated carbocycles. The normalized spacial score (nSPS) is 11.8. The van der Waals surface area contributed by atoms with E-state index in [4.69, 9.17) is 4.42 Å². The largest absolute Gasteiger partial charge is 0.456 e. The standard InChI is InChI=1S/C48H31N3O/c1-4-14-32(15-5-1)49(33-16-6-2-7-17-33)36-24-26-38-41-31-46-40(30-45(41)50(44(38)29-36)34-18-8-3-9-19-34)37-20-10-12-22-43(37)51(46)35-25-27-48-42(28-35)39-21-11-13-23-47(39)52-48/h1-31H. The Hall–Kier alpha value is -7.04. The Kier molecular flexibility index (Phi) is 6.22. The van der Waals surface area contributed by atoms with Gasteiger partial charge in [0.25, 0.3) is 0 Å². The summed E-state index contributed by atoms with van der Waals surface area (Å²) in [5.41, 5.74) is 12.1. The molecule has 8 aromatic carbocycles. The highest BCUT2D eigenvalue weighted by Crippen LogP contribution is 2.43. The number of hydrogen-bond acceptors (Lipinski definition) is 2. The molecule has 0 aliphatic carbocycles. The zero-order valence-electron chi connectivity index (χ0n) is 28.1. The van der Waals surface area contributed by atoms with Gasteiger partial charge in [0.05, 0.1) is 22.1 Å². The monoisotopic (exact) mass is 665 g/mol. The van der Waals surface area contributed by atoms with Gasteiger partial charge >= 0.3 is 0 Å². The summed E-state index contributed by atoms with van der Waals surface area (Å²) in [6.45, 7) is 0. The number of nitrogens with zero attached hydrogens (tertiary/aromatic N) is 3. The Balaban J connectivity index is 1.21. The maximum Gasteiger partial charge on any atom is 0.135 e. The summed E-state index contributed by atoms with van der Waals surface area (Å²) in [7, 11) is 0. The molecule has 4 nitrogen and oxygen atoms in total. The number of para-hydroxylation sites is 5. The van der Waals surface area contributed by atoms with Crippen molar-refractivity contribution in [2.24, 2.45) is 0 Å². The molecule has 0 atom stereocenters. The van der Waals surface area contributed by atoms with E-state index in [-0.39, 0.29) is 0 Å². The second kappa shape index (κ2) is 11.2. The van der Waals surface area contributed by atoms with Crippen LogP contribution >= 0.6 is 0 Å². The fraction of sp³-hybridized carbons (Fsp3) is 0. The lowest BCUT2D eigenvalue weighted by Crippen LogP contribution is -2.09. The van der Waals surface area contributed by atoms with Gasteiger partial charge in [-0.05, 0) is 91.0 Å². The summed E-state index contributed by atoms with van der Waals surface area (Å²) in [5, 5.41) is 7.11. The summed E-state index contributed by atoms with van der Waals surface area (Å²) < 4.78 is 11.1. The fourth-order valence-corrected chi connectivity index (χ4v) is 8.19. The smallest absolute Gasteiger partial charge is 0.135 e. The van der Waals surface area contributed by atoms with Crippen molar-refractivity contribution in [3.63, 3.8) is 0 Å². The van der Waals surface area contributed by atoms with E-state index in [1.165, 1.54) is 38.1 Å². The topological polar surface area (TPSA) is 26.2 Å². The van der Waals surface area contributed by atoms with Crippen molar-refractivity contribution in [2.45, 2.75) is 0 Å². The van der Waals surface area contributed by atoms with Crippen molar-refractivity contribution in [2.75, 3.05) is 4.90 Å². The van der Waals surface area contributed by atoms with Crippen molar-refractivity contribution in [1.29, 1.82) is 0 Å². The van der Waals surface area contributed by atoms with Crippen LogP contribution in [0, 0.1) is 0 Å². The van der Waals surface area contributed by atoms with Crippen LogP contribution in [0.3, 0.4) is 0 Å². The molecule has 0 fully saturated rings. The molecule has 11 rings (SSSR count). The first-order valence-corrected chi connectivity index (χ1v) is 17.7. The van der Waals surface area contributed by atoms with E-state index in [9.17, 15) is 0 Å². The number of fused-ring (bicyclic) bond motifs is 9. The molecule has 244 valence electrons. The second-order valence-corrected chi connectivity index (χ2v) is 13.4. The lowest BCUT2D eigenvalue weighted by molar-refractivity contribution is 0.669. The molecule has 0 radical (unpaired) electrons. The van der Waals surface area contributed by atoms with E-state index in [1.807, 2.05) is 12.1 Å². The molecule has 3 aromatic heterocycles. The molecule has 0 bridgehead atoms. The average molecular weight is 666 g/mol. The van der Waals surface area contributed by atoms with Crippen LogP contribution < -0.4 is 4.90 Å². The van der Waals surface area contributed by atoms with E-state index >= 15 is 0 Å². The first-order chi connectivity index (χ1) is 25.8. The summed E-state index contributed by atoms with van der Waals surface area (Å²) >= 11 is 0. The molecule has 11 aromatic rings. The van der Waals surface area contributed by atoms with Gasteiger partial charge in [-0.25, -0.2) is 0 Å². The van der Waals surface area contributed by atoms with Crippen LogP contribution in [0.25, 0.3) is 76.9 Å². The van der Waals surface area contributed by atoms with Crippen molar-refractivity contribution in [1.82, 2.24) is 9.13 Å². The Bertz CT molecular complexity index is 3080. The molecular weight excluding hydrogens is 635 g/mol. The number of hydrogen-bond donors (Lipinski definition) is 0. The van der Waals surface area contributed by atoms with Gasteiger partial charge in [-0.2, -0.15) is 0 Å². The third-order valence-corrected chi connectivity index (χ3v) is 10.5. The minimum Gasteiger partial charge on any atom is -0.456 e. The van der Waals surface area contributed by atoms with Crippen molar-refractivity contribution in [3.8, 4) is 11.4 Å². The van der Waals surface area contributed by atoms with Gasteiger partial charge in [-0.3, -0.25) is 0 Å². The van der Waals surface area contributed by atoms with Crippen molar-refractivity contribution < 1.29 is 4.42 Å². The molecule has 3 heterocycles. The van der Waals surface area contributed by atoms with Gasteiger partial charge in [-0.15, -0.1) is 0 Å². The molecule has 0 unspecified atom stereocenters. The predicted octanol–water partition coefficient (Wildman–Crippen LogP) is 13.2. The SMILES string of the molecule is c1ccc(N(c2ccccc2)c2ccc3c4cc5c(cc4n(-c4ccccc4)c3c2)c2ccccc2n5-c2ccc3oc4ccccc4c3c2)cc1. The van der Waals surface area contributed by atoms with Gasteiger partial charge in [0, 0.05) is 60.8 Å². The molecule has 4 heteroatoms. The van der Waals surface area contributed by atoms with E-state index in [1.54, 1.807) is 0 Å². The van der Waals surface area contributed by atoms with Crippen LogP contribution in [0.15, 0.2) is 192 Å². The molecule has 0 aliphatic heterocycles. The third-order valence-electron chi connectivity index (χ3n) is 10.5. The molecule has 52 heavy (non-hydrogen) atoms. The summed E-state index contributed by atoms with van der Waals surface area (Å²) in [6, 6.07) is 67.3. The van der Waals surface area contributed by atoms with E-state index in [0.717, 1.165) is 55.9 Å². The van der Waals surface area contributed by atoms with Crippen LogP contribution in [0.1, 0.15) is 0 Å². The number of rotatable bonds is 5. The molecule has 0 amide bonds. The predicted molar refractivity (Wildman–Crippen MR) is 217 cm³/mol. The molecular formula is C48H31N3O. The minimum absolute atomic E-state index is 0.898. The van der Waals surface area contributed by atoms with Gasteiger partial charge in [0.15, 0.2) is 0 Å². The average Bonchev–Trinajstić information content (AvgIpc) is 3.85. The summed E-state index contributed by atoms with van der Waals surface area (Å²) in [4.78, 5) is 2.33. The highest BCUT2D eigenvalue weighted by Gasteiger charge is 2.21. The Labute approximate surface area is 299 Å². The van der Waals surface area contributed by atoms with Gasteiger partial charge in [0.2, 0.25) is 0 Å². The number of anilines is 3. The van der Waals surface area contributed by atoms with Crippen LogP contribution in [0.4, 0.5) is 17.1 Å². The van der Waals surface area contributed by atoms with E-state index in [2.05, 4.69) is 190 Å². The second-order valence-electron chi connectivity index (χ2n) is 13.4. The zero-order valence-corrected chi connectivity index (χ0v) is 28.1. The molecule has 0 saturated heterocycles. The Morgan fingerprint density at radius 2 is 0.846 bits per heavy atom. The van der Waals surface area contributed by atoms with E-state index in [0.29, 0.717) is 0 Å². The first kappa shape index (κ1) is 28.8. The number of aromatic nitrogens is 2. The zero-order chi connectivity index (χ0) is 34.2. The van der Waals surface area contributed by atoms with E-state index < -0.39 is 0 Å². The maximum absolute atomic E-state index is 6.22. The quantitative estimate of drug-likeness (QED) is 0.183.